The van der Waals surface area contributed by atoms with E-state index in [0.717, 1.165) is 32.8 Å². The summed E-state index contributed by atoms with van der Waals surface area (Å²) >= 11 is 2.73. The quantitative estimate of drug-likeness (QED) is 0.0748. The Morgan fingerprint density at radius 2 is 1.44 bits per heavy atom. The van der Waals surface area contributed by atoms with Gasteiger partial charge in [0.2, 0.25) is 5.91 Å². The van der Waals surface area contributed by atoms with Crippen LogP contribution in [0.25, 0.3) is 17.3 Å². The highest BCUT2D eigenvalue weighted by atomic mass is 32.2. The number of thioether (sulfide) groups is 1. The fourth-order valence-corrected chi connectivity index (χ4v) is 7.56. The van der Waals surface area contributed by atoms with Crippen LogP contribution in [0.4, 0.5) is 10.8 Å². The average molecular weight is 787 g/mol. The number of rotatable bonds is 14. The molecule has 6 aromatic carbocycles. The third kappa shape index (κ3) is 10.7. The Morgan fingerprint density at radius 3 is 2.16 bits per heavy atom. The van der Waals surface area contributed by atoms with Crippen molar-refractivity contribution in [3.63, 3.8) is 0 Å². The lowest BCUT2D eigenvalue weighted by molar-refractivity contribution is -0.116. The summed E-state index contributed by atoms with van der Waals surface area (Å²) in [6.07, 6.45) is 1.62. The number of carbonyl (C=O) groups excluding carboxylic acids is 3. The second-order valence-electron chi connectivity index (χ2n) is 13.0. The van der Waals surface area contributed by atoms with E-state index < -0.39 is 17.1 Å². The van der Waals surface area contributed by atoms with Crippen molar-refractivity contribution < 1.29 is 19.1 Å². The minimum absolute atomic E-state index is 0.0508. The summed E-state index contributed by atoms with van der Waals surface area (Å²) in [4.78, 5) is 46.5. The van der Waals surface area contributed by atoms with Crippen molar-refractivity contribution in [2.75, 3.05) is 10.6 Å². The summed E-state index contributed by atoms with van der Waals surface area (Å²) < 4.78 is 5.93. The molecule has 8 nitrogen and oxygen atoms in total. The molecule has 0 saturated heterocycles. The van der Waals surface area contributed by atoms with E-state index in [1.54, 1.807) is 42.5 Å². The zero-order valence-corrected chi connectivity index (χ0v) is 32.6. The van der Waals surface area contributed by atoms with E-state index in [9.17, 15) is 14.4 Å². The van der Waals surface area contributed by atoms with Crippen LogP contribution in [0.15, 0.2) is 180 Å². The van der Waals surface area contributed by atoms with E-state index in [0.29, 0.717) is 34.3 Å². The van der Waals surface area contributed by atoms with Gasteiger partial charge >= 0.3 is 0 Å². The van der Waals surface area contributed by atoms with Crippen molar-refractivity contribution >= 4 is 57.7 Å². The second kappa shape index (κ2) is 18.7. The predicted molar refractivity (Wildman–Crippen MR) is 230 cm³/mol. The first-order chi connectivity index (χ1) is 27.9. The number of anilines is 2. The SMILES string of the molecule is Cc1ccc(-c2csc(NC(=O)C(Sc3cccc(NC(=O)/C(=C/c4ccc(OCc5ccccc5)cc4)NC(=O)c4ccccc4)c3)c3ccccc3)n2)cc1. The van der Waals surface area contributed by atoms with Crippen LogP contribution in [0.1, 0.15) is 37.9 Å². The summed E-state index contributed by atoms with van der Waals surface area (Å²) in [5.74, 6) is -0.495. The summed E-state index contributed by atoms with van der Waals surface area (Å²) in [6, 6.07) is 50.8. The lowest BCUT2D eigenvalue weighted by Crippen LogP contribution is -2.30. The van der Waals surface area contributed by atoms with Gasteiger partial charge in [0.05, 0.1) is 5.69 Å². The molecular formula is C47H38N4O4S2. The Morgan fingerprint density at radius 1 is 0.754 bits per heavy atom. The highest BCUT2D eigenvalue weighted by Crippen LogP contribution is 2.38. The predicted octanol–water partition coefficient (Wildman–Crippen LogP) is 10.6. The fraction of sp³-hybridized carbons (Fsp3) is 0.0638. The van der Waals surface area contributed by atoms with Crippen LogP contribution in [-0.4, -0.2) is 22.7 Å². The first-order valence-electron chi connectivity index (χ1n) is 18.2. The van der Waals surface area contributed by atoms with E-state index >= 15 is 0 Å². The number of hydrogen-bond donors (Lipinski definition) is 3. The van der Waals surface area contributed by atoms with E-state index in [4.69, 9.17) is 4.74 Å². The van der Waals surface area contributed by atoms with Crippen LogP contribution in [0, 0.1) is 6.92 Å². The average Bonchev–Trinajstić information content (AvgIpc) is 3.72. The maximum Gasteiger partial charge on any atom is 0.272 e. The molecule has 7 rings (SSSR count). The van der Waals surface area contributed by atoms with Gasteiger partial charge < -0.3 is 20.7 Å². The Hall–Kier alpha value is -6.75. The molecule has 7 aromatic rings. The molecule has 1 heterocycles. The van der Waals surface area contributed by atoms with E-state index in [2.05, 4.69) is 20.9 Å². The maximum atomic E-state index is 13.9. The Kier molecular flexibility index (Phi) is 12.7. The van der Waals surface area contributed by atoms with Crippen LogP contribution >= 0.6 is 23.1 Å². The fourth-order valence-electron chi connectivity index (χ4n) is 5.75. The molecule has 0 saturated carbocycles. The number of thiazole rings is 1. The number of benzene rings is 6. The van der Waals surface area contributed by atoms with Crippen LogP contribution in [0.2, 0.25) is 0 Å². The molecule has 10 heteroatoms. The number of aryl methyl sites for hydroxylation is 1. The molecule has 1 unspecified atom stereocenters. The van der Waals surface area contributed by atoms with E-state index in [1.807, 2.05) is 140 Å². The number of hydrogen-bond acceptors (Lipinski definition) is 7. The number of carbonyl (C=O) groups is 3. The van der Waals surface area contributed by atoms with Crippen LogP contribution in [0.5, 0.6) is 5.75 Å². The molecule has 1 aromatic heterocycles. The van der Waals surface area contributed by atoms with Gasteiger partial charge in [0, 0.05) is 27.1 Å². The molecule has 0 radical (unpaired) electrons. The van der Waals surface area contributed by atoms with Gasteiger partial charge in [-0.2, -0.15) is 0 Å². The number of amides is 3. The van der Waals surface area contributed by atoms with Gasteiger partial charge in [-0.1, -0.05) is 127 Å². The van der Waals surface area contributed by atoms with Crippen molar-refractivity contribution in [3.8, 4) is 17.0 Å². The molecule has 3 N–H and O–H groups in total. The van der Waals surface area contributed by atoms with Crippen molar-refractivity contribution in [1.82, 2.24) is 10.3 Å². The monoisotopic (exact) mass is 786 g/mol. The smallest absolute Gasteiger partial charge is 0.272 e. The minimum Gasteiger partial charge on any atom is -0.489 e. The Balaban J connectivity index is 1.08. The topological polar surface area (TPSA) is 109 Å². The lowest BCUT2D eigenvalue weighted by Gasteiger charge is -2.17. The highest BCUT2D eigenvalue weighted by molar-refractivity contribution is 8.00. The third-order valence-electron chi connectivity index (χ3n) is 8.74. The van der Waals surface area contributed by atoms with Gasteiger partial charge in [0.15, 0.2) is 5.13 Å². The second-order valence-corrected chi connectivity index (χ2v) is 15.0. The first kappa shape index (κ1) is 38.5. The molecular weight excluding hydrogens is 749 g/mol. The van der Waals surface area contributed by atoms with Gasteiger partial charge in [-0.3, -0.25) is 14.4 Å². The summed E-state index contributed by atoms with van der Waals surface area (Å²) in [7, 11) is 0. The van der Waals surface area contributed by atoms with Gasteiger partial charge in [-0.15, -0.1) is 23.1 Å². The molecule has 57 heavy (non-hydrogen) atoms. The molecule has 0 aliphatic rings. The van der Waals surface area contributed by atoms with Crippen LogP contribution in [-0.2, 0) is 16.2 Å². The number of nitrogens with one attached hydrogen (secondary N) is 3. The van der Waals surface area contributed by atoms with Gasteiger partial charge in [-0.25, -0.2) is 4.98 Å². The Labute approximate surface area is 339 Å². The van der Waals surface area contributed by atoms with Crippen molar-refractivity contribution in [2.24, 2.45) is 0 Å². The van der Waals surface area contributed by atoms with Crippen LogP contribution in [0.3, 0.4) is 0 Å². The van der Waals surface area contributed by atoms with Crippen molar-refractivity contribution in [1.29, 1.82) is 0 Å². The normalized spacial score (nSPS) is 11.6. The molecule has 0 aliphatic heterocycles. The highest BCUT2D eigenvalue weighted by Gasteiger charge is 2.24. The lowest BCUT2D eigenvalue weighted by atomic mass is 10.1. The molecule has 0 bridgehead atoms. The van der Waals surface area contributed by atoms with Crippen molar-refractivity contribution in [2.45, 2.75) is 23.7 Å². The number of ether oxygens (including phenoxy) is 1. The first-order valence-corrected chi connectivity index (χ1v) is 19.9. The molecule has 0 spiro atoms. The van der Waals surface area contributed by atoms with Crippen LogP contribution < -0.4 is 20.7 Å². The number of nitrogens with zero attached hydrogens (tertiary/aromatic N) is 1. The molecule has 0 fully saturated rings. The molecule has 3 amide bonds. The molecule has 1 atom stereocenters. The largest absolute Gasteiger partial charge is 0.489 e. The maximum absolute atomic E-state index is 13.9. The molecule has 0 aliphatic carbocycles. The van der Waals surface area contributed by atoms with E-state index in [1.165, 1.54) is 23.1 Å². The third-order valence-corrected chi connectivity index (χ3v) is 10.7. The molecule has 282 valence electrons. The zero-order valence-electron chi connectivity index (χ0n) is 30.9. The van der Waals surface area contributed by atoms with Gasteiger partial charge in [0.25, 0.3) is 11.8 Å². The van der Waals surface area contributed by atoms with Crippen molar-refractivity contribution in [3.05, 3.63) is 203 Å². The van der Waals surface area contributed by atoms with Gasteiger partial charge in [0.1, 0.15) is 23.3 Å². The van der Waals surface area contributed by atoms with Gasteiger partial charge in [-0.05, 0) is 72.2 Å². The zero-order chi connectivity index (χ0) is 39.4. The summed E-state index contributed by atoms with van der Waals surface area (Å²) in [5.41, 5.74) is 6.43. The summed E-state index contributed by atoms with van der Waals surface area (Å²) in [5, 5.41) is 10.6. The minimum atomic E-state index is -0.621. The Bertz CT molecular complexity index is 2470. The number of aromatic nitrogens is 1. The van der Waals surface area contributed by atoms with E-state index in [-0.39, 0.29) is 11.6 Å². The summed E-state index contributed by atoms with van der Waals surface area (Å²) in [6.45, 7) is 2.46. The standard InChI is InChI=1S/C47H38N4O4S2/c1-32-20-24-35(25-21-32)42-31-56-47(50-42)51-46(54)43(36-14-7-3-8-15-36)57-40-19-11-18-38(29-40)48-45(53)41(49-44(52)37-16-9-4-10-17-37)28-33-22-26-39(27-23-33)55-30-34-12-5-2-6-13-34/h2-29,31,43H,30H2,1H3,(H,48,53)(H,49,52)(H,50,51,54)/b41-28-.